The summed E-state index contributed by atoms with van der Waals surface area (Å²) in [4.78, 5) is 6.53. The molecule has 94 valence electrons. The van der Waals surface area contributed by atoms with Crippen molar-refractivity contribution in [2.24, 2.45) is 5.73 Å². The molecule has 1 aliphatic rings. The van der Waals surface area contributed by atoms with Crippen LogP contribution in [0.3, 0.4) is 0 Å². The monoisotopic (exact) mass is 319 g/mol. The molecule has 2 N–H and O–H groups in total. The van der Waals surface area contributed by atoms with Crippen LogP contribution in [-0.4, -0.2) is 36.8 Å². The van der Waals surface area contributed by atoms with Gasteiger partial charge in [-0.05, 0) is 28.9 Å². The molecule has 1 aliphatic heterocycles. The smallest absolute Gasteiger partial charge is 0.143 e. The van der Waals surface area contributed by atoms with Crippen molar-refractivity contribution in [3.63, 3.8) is 0 Å². The summed E-state index contributed by atoms with van der Waals surface area (Å²) in [5.41, 5.74) is 5.66. The molecule has 0 amide bonds. The average molecular weight is 321 g/mol. The largest absolute Gasteiger partial charge is 0.370 e. The molecule has 0 radical (unpaired) electrons. The Balaban J connectivity index is 2.20. The van der Waals surface area contributed by atoms with Gasteiger partial charge in [-0.3, -0.25) is 0 Å². The first-order chi connectivity index (χ1) is 8.10. The van der Waals surface area contributed by atoms with Crippen LogP contribution in [0.4, 0.5) is 5.82 Å². The van der Waals surface area contributed by atoms with Gasteiger partial charge in [0, 0.05) is 25.8 Å². The summed E-state index contributed by atoms with van der Waals surface area (Å²) in [6.07, 6.45) is 1.86. The van der Waals surface area contributed by atoms with Crippen molar-refractivity contribution in [1.82, 2.24) is 4.98 Å². The second kappa shape index (κ2) is 5.52. The highest BCUT2D eigenvalue weighted by atomic mass is 79.9. The lowest BCUT2D eigenvalue weighted by Gasteiger charge is -2.37. The minimum Gasteiger partial charge on any atom is -0.370 e. The number of hydrogen-bond donors (Lipinski definition) is 1. The summed E-state index contributed by atoms with van der Waals surface area (Å²) in [7, 11) is 0. The SMILES string of the molecule is CC1CN(c2ncc(Cl)cc2Br)CC(CN)O1. The van der Waals surface area contributed by atoms with Crippen LogP contribution >= 0.6 is 27.5 Å². The molecule has 17 heavy (non-hydrogen) atoms. The zero-order valence-corrected chi connectivity index (χ0v) is 11.9. The Morgan fingerprint density at radius 3 is 3.06 bits per heavy atom. The molecule has 2 atom stereocenters. The first-order valence-corrected chi connectivity index (χ1v) is 6.68. The second-order valence-electron chi connectivity index (χ2n) is 4.17. The Morgan fingerprint density at radius 2 is 2.41 bits per heavy atom. The van der Waals surface area contributed by atoms with E-state index in [1.807, 2.05) is 13.0 Å². The molecule has 2 rings (SSSR count). The van der Waals surface area contributed by atoms with E-state index in [-0.39, 0.29) is 12.2 Å². The molecule has 0 bridgehead atoms. The number of rotatable bonds is 2. The number of anilines is 1. The number of pyridine rings is 1. The van der Waals surface area contributed by atoms with Crippen molar-refractivity contribution >= 4 is 33.3 Å². The quantitative estimate of drug-likeness (QED) is 0.906. The molecule has 2 heterocycles. The first kappa shape index (κ1) is 13.1. The van der Waals surface area contributed by atoms with Crippen LogP contribution in [0.2, 0.25) is 5.02 Å². The maximum absolute atomic E-state index is 5.88. The van der Waals surface area contributed by atoms with Crippen molar-refractivity contribution in [3.05, 3.63) is 21.8 Å². The van der Waals surface area contributed by atoms with Gasteiger partial charge >= 0.3 is 0 Å². The van der Waals surface area contributed by atoms with Crippen LogP contribution < -0.4 is 10.6 Å². The van der Waals surface area contributed by atoms with Crippen LogP contribution in [0.25, 0.3) is 0 Å². The van der Waals surface area contributed by atoms with E-state index in [0.717, 1.165) is 23.4 Å². The molecular formula is C11H15BrClN3O. The fourth-order valence-corrected chi connectivity index (χ4v) is 2.88. The van der Waals surface area contributed by atoms with E-state index in [2.05, 4.69) is 25.8 Å². The van der Waals surface area contributed by atoms with E-state index in [0.29, 0.717) is 11.6 Å². The standard InChI is InChI=1S/C11H15BrClN3O/c1-7-5-16(6-9(3-14)17-7)11-10(12)2-8(13)4-15-11/h2,4,7,9H,3,5-6,14H2,1H3. The molecule has 4 nitrogen and oxygen atoms in total. The van der Waals surface area contributed by atoms with Gasteiger partial charge in [0.2, 0.25) is 0 Å². The first-order valence-electron chi connectivity index (χ1n) is 5.51. The molecule has 0 spiro atoms. The third-order valence-corrected chi connectivity index (χ3v) is 3.47. The molecule has 1 aromatic heterocycles. The van der Waals surface area contributed by atoms with Crippen LogP contribution in [0.5, 0.6) is 0 Å². The van der Waals surface area contributed by atoms with Gasteiger partial charge in [-0.25, -0.2) is 4.98 Å². The Bertz CT molecular complexity index is 404. The molecule has 6 heteroatoms. The molecule has 1 saturated heterocycles. The number of nitrogens with two attached hydrogens (primary N) is 1. The number of hydrogen-bond acceptors (Lipinski definition) is 4. The fraction of sp³-hybridized carbons (Fsp3) is 0.545. The van der Waals surface area contributed by atoms with Gasteiger partial charge in [-0.15, -0.1) is 0 Å². The third-order valence-electron chi connectivity index (χ3n) is 2.68. The summed E-state index contributed by atoms with van der Waals surface area (Å²) in [6.45, 7) is 4.13. The van der Waals surface area contributed by atoms with Crippen molar-refractivity contribution in [2.45, 2.75) is 19.1 Å². The highest BCUT2D eigenvalue weighted by Crippen LogP contribution is 2.28. The maximum atomic E-state index is 5.88. The predicted molar refractivity (Wildman–Crippen MR) is 72.5 cm³/mol. The summed E-state index contributed by atoms with van der Waals surface area (Å²) in [6, 6.07) is 1.85. The Morgan fingerprint density at radius 1 is 1.65 bits per heavy atom. The van der Waals surface area contributed by atoms with Crippen molar-refractivity contribution in [3.8, 4) is 0 Å². The molecule has 1 aromatic rings. The number of ether oxygens (including phenoxy) is 1. The second-order valence-corrected chi connectivity index (χ2v) is 5.46. The molecule has 2 unspecified atom stereocenters. The Hall–Kier alpha value is -0.360. The molecule has 0 aliphatic carbocycles. The zero-order chi connectivity index (χ0) is 12.4. The average Bonchev–Trinajstić information content (AvgIpc) is 2.28. The Labute approximate surface area is 114 Å². The van der Waals surface area contributed by atoms with Gasteiger partial charge in [-0.1, -0.05) is 11.6 Å². The minimum atomic E-state index is 0.0585. The van der Waals surface area contributed by atoms with Gasteiger partial charge < -0.3 is 15.4 Å². The van der Waals surface area contributed by atoms with E-state index >= 15 is 0 Å². The van der Waals surface area contributed by atoms with Crippen LogP contribution in [0.15, 0.2) is 16.7 Å². The third kappa shape index (κ3) is 3.10. The van der Waals surface area contributed by atoms with E-state index < -0.39 is 0 Å². The summed E-state index contributed by atoms with van der Waals surface area (Å²) >= 11 is 9.37. The van der Waals surface area contributed by atoms with E-state index in [9.17, 15) is 0 Å². The highest BCUT2D eigenvalue weighted by Gasteiger charge is 2.26. The summed E-state index contributed by atoms with van der Waals surface area (Å²) in [5.74, 6) is 0.892. The highest BCUT2D eigenvalue weighted by molar-refractivity contribution is 9.10. The maximum Gasteiger partial charge on any atom is 0.143 e. The Kier molecular flexibility index (Phi) is 4.25. The normalized spacial score (nSPS) is 25.1. The molecule has 0 saturated carbocycles. The number of nitrogens with zero attached hydrogens (tertiary/aromatic N) is 2. The van der Waals surface area contributed by atoms with Crippen LogP contribution in [0, 0.1) is 0 Å². The van der Waals surface area contributed by atoms with E-state index in [1.165, 1.54) is 0 Å². The zero-order valence-electron chi connectivity index (χ0n) is 9.57. The molecule has 1 fully saturated rings. The number of aromatic nitrogens is 1. The van der Waals surface area contributed by atoms with Crippen molar-refractivity contribution in [2.75, 3.05) is 24.5 Å². The lowest BCUT2D eigenvalue weighted by atomic mass is 10.2. The van der Waals surface area contributed by atoms with Gasteiger partial charge in [0.15, 0.2) is 0 Å². The van der Waals surface area contributed by atoms with E-state index in [4.69, 9.17) is 22.1 Å². The van der Waals surface area contributed by atoms with Gasteiger partial charge in [0.1, 0.15) is 5.82 Å². The molecular weight excluding hydrogens is 305 g/mol. The number of halogens is 2. The van der Waals surface area contributed by atoms with Gasteiger partial charge in [0.25, 0.3) is 0 Å². The summed E-state index contributed by atoms with van der Waals surface area (Å²) in [5, 5.41) is 0.623. The van der Waals surface area contributed by atoms with Gasteiger partial charge in [0.05, 0.1) is 21.7 Å². The van der Waals surface area contributed by atoms with Crippen molar-refractivity contribution < 1.29 is 4.74 Å². The topological polar surface area (TPSA) is 51.4 Å². The van der Waals surface area contributed by atoms with Gasteiger partial charge in [-0.2, -0.15) is 0 Å². The predicted octanol–water partition coefficient (Wildman–Crippen LogP) is 2.05. The molecule has 0 aromatic carbocycles. The lowest BCUT2D eigenvalue weighted by molar-refractivity contribution is -0.0107. The summed E-state index contributed by atoms with van der Waals surface area (Å²) < 4.78 is 6.61. The van der Waals surface area contributed by atoms with Crippen molar-refractivity contribution in [1.29, 1.82) is 0 Å². The van der Waals surface area contributed by atoms with Crippen LogP contribution in [0.1, 0.15) is 6.92 Å². The minimum absolute atomic E-state index is 0.0585. The lowest BCUT2D eigenvalue weighted by Crippen LogP contribution is -2.49. The van der Waals surface area contributed by atoms with Crippen LogP contribution in [-0.2, 0) is 4.74 Å². The fourth-order valence-electron chi connectivity index (χ4n) is 1.99. The van der Waals surface area contributed by atoms with E-state index in [1.54, 1.807) is 6.20 Å². The number of morpholine rings is 1.